The number of nitrogens with one attached hydrogen (secondary N) is 1. The first-order chi connectivity index (χ1) is 16.9. The fraction of sp³-hybridized carbons (Fsp3) is 0.143. The largest absolute Gasteiger partial charge is 0.478 e. The van der Waals surface area contributed by atoms with Crippen molar-refractivity contribution in [2.45, 2.75) is 19.3 Å². The number of carboxylic acids is 1. The van der Waals surface area contributed by atoms with E-state index in [0.717, 1.165) is 58.7 Å². The van der Waals surface area contributed by atoms with Gasteiger partial charge in [0.1, 0.15) is 5.82 Å². The highest BCUT2D eigenvalue weighted by molar-refractivity contribution is 6.32. The standard InChI is InChI=1S/C28H21ClFNO4/c29-22-15-20(30)10-11-21(22)27(17-2-1-3-17)26(18-7-4-16(5-8-18)6-13-25(32)33)19-9-12-23-24(14-19)35-28(34)31-23/h4-15,17H,1-3H2,(H,31,34)(H,32,33). The number of aromatic amines is 1. The molecule has 1 saturated carbocycles. The summed E-state index contributed by atoms with van der Waals surface area (Å²) in [4.78, 5) is 25.3. The van der Waals surface area contributed by atoms with Crippen LogP contribution in [0.2, 0.25) is 5.02 Å². The Morgan fingerprint density at radius 2 is 1.80 bits per heavy atom. The minimum Gasteiger partial charge on any atom is -0.478 e. The van der Waals surface area contributed by atoms with Gasteiger partial charge in [0.15, 0.2) is 5.58 Å². The molecule has 2 N–H and O–H groups in total. The molecular formula is C28H21ClFNO4. The third-order valence-corrected chi connectivity index (χ3v) is 6.64. The van der Waals surface area contributed by atoms with Crippen molar-refractivity contribution >= 4 is 45.9 Å². The number of H-pyrrole nitrogens is 1. The molecule has 35 heavy (non-hydrogen) atoms. The van der Waals surface area contributed by atoms with Crippen LogP contribution in [0.25, 0.3) is 28.3 Å². The molecule has 176 valence electrons. The van der Waals surface area contributed by atoms with Crippen molar-refractivity contribution in [3.8, 4) is 0 Å². The zero-order chi connectivity index (χ0) is 24.5. The Hall–Kier alpha value is -3.90. The van der Waals surface area contributed by atoms with E-state index in [2.05, 4.69) is 4.98 Å². The first-order valence-corrected chi connectivity index (χ1v) is 11.6. The number of fused-ring (bicyclic) bond motifs is 1. The van der Waals surface area contributed by atoms with Crippen molar-refractivity contribution in [3.63, 3.8) is 0 Å². The number of carbonyl (C=O) groups is 1. The molecule has 1 aliphatic carbocycles. The van der Waals surface area contributed by atoms with Crippen LogP contribution in [0, 0.1) is 11.7 Å². The Bertz CT molecular complexity index is 1540. The average molecular weight is 490 g/mol. The quantitative estimate of drug-likeness (QED) is 0.231. The fourth-order valence-electron chi connectivity index (χ4n) is 4.47. The van der Waals surface area contributed by atoms with Crippen LogP contribution in [-0.2, 0) is 4.79 Å². The number of carboxylic acid groups (broad SMARTS) is 1. The van der Waals surface area contributed by atoms with Crippen molar-refractivity contribution < 1.29 is 18.7 Å². The van der Waals surface area contributed by atoms with Gasteiger partial charge in [0, 0.05) is 6.08 Å². The molecule has 0 saturated heterocycles. The van der Waals surface area contributed by atoms with Gasteiger partial charge < -0.3 is 9.52 Å². The molecule has 1 heterocycles. The van der Waals surface area contributed by atoms with Gasteiger partial charge >= 0.3 is 11.7 Å². The monoisotopic (exact) mass is 489 g/mol. The van der Waals surface area contributed by atoms with Gasteiger partial charge in [0.05, 0.1) is 10.5 Å². The molecule has 0 amide bonds. The topological polar surface area (TPSA) is 83.3 Å². The van der Waals surface area contributed by atoms with Gasteiger partial charge in [-0.1, -0.05) is 54.4 Å². The molecule has 1 aromatic heterocycles. The van der Waals surface area contributed by atoms with Crippen molar-refractivity contribution in [1.82, 2.24) is 4.98 Å². The normalized spacial score (nSPS) is 14.8. The highest BCUT2D eigenvalue weighted by Gasteiger charge is 2.28. The van der Waals surface area contributed by atoms with Crippen molar-refractivity contribution in [3.05, 3.63) is 110 Å². The summed E-state index contributed by atoms with van der Waals surface area (Å²) < 4.78 is 19.2. The van der Waals surface area contributed by atoms with Crippen molar-refractivity contribution in [1.29, 1.82) is 0 Å². The van der Waals surface area contributed by atoms with E-state index >= 15 is 0 Å². The molecular weight excluding hydrogens is 469 g/mol. The lowest BCUT2D eigenvalue weighted by Gasteiger charge is -2.32. The van der Waals surface area contributed by atoms with E-state index in [1.165, 1.54) is 18.2 Å². The summed E-state index contributed by atoms with van der Waals surface area (Å²) in [5.41, 5.74) is 6.16. The SMILES string of the molecule is O=C(O)C=Cc1ccc(C(=C(c2ccc(F)cc2Cl)C2CCC2)c2ccc3[nH]c(=O)oc3c2)cc1. The average Bonchev–Trinajstić information content (AvgIpc) is 3.16. The third kappa shape index (κ3) is 4.70. The summed E-state index contributed by atoms with van der Waals surface area (Å²) in [6.45, 7) is 0. The molecule has 0 spiro atoms. The van der Waals surface area contributed by atoms with Gasteiger partial charge in [-0.3, -0.25) is 4.98 Å². The van der Waals surface area contributed by atoms with Gasteiger partial charge in [-0.2, -0.15) is 0 Å². The van der Waals surface area contributed by atoms with Crippen LogP contribution >= 0.6 is 11.6 Å². The third-order valence-electron chi connectivity index (χ3n) is 6.33. The minimum atomic E-state index is -1.02. The summed E-state index contributed by atoms with van der Waals surface area (Å²) in [6.07, 6.45) is 5.66. The second-order valence-electron chi connectivity index (χ2n) is 8.56. The molecule has 7 heteroatoms. The van der Waals surface area contributed by atoms with Crippen LogP contribution in [0.4, 0.5) is 4.39 Å². The molecule has 5 nitrogen and oxygen atoms in total. The lowest BCUT2D eigenvalue weighted by atomic mass is 9.73. The Labute approximate surface area is 205 Å². The Morgan fingerprint density at radius 3 is 2.46 bits per heavy atom. The summed E-state index contributed by atoms with van der Waals surface area (Å²) in [5, 5.41) is 9.26. The van der Waals surface area contributed by atoms with E-state index in [1.807, 2.05) is 36.4 Å². The molecule has 3 aromatic carbocycles. The van der Waals surface area contributed by atoms with E-state index in [4.69, 9.17) is 21.1 Å². The van der Waals surface area contributed by atoms with Crippen LogP contribution in [0.5, 0.6) is 0 Å². The van der Waals surface area contributed by atoms with E-state index in [0.29, 0.717) is 16.1 Å². The fourth-order valence-corrected chi connectivity index (χ4v) is 4.74. The van der Waals surface area contributed by atoms with Crippen LogP contribution in [0.3, 0.4) is 0 Å². The number of aromatic nitrogens is 1. The Balaban J connectivity index is 1.76. The van der Waals surface area contributed by atoms with Crippen molar-refractivity contribution in [2.24, 2.45) is 5.92 Å². The molecule has 1 fully saturated rings. The van der Waals surface area contributed by atoms with Crippen molar-refractivity contribution in [2.75, 3.05) is 0 Å². The molecule has 0 aliphatic heterocycles. The van der Waals surface area contributed by atoms with E-state index in [9.17, 15) is 14.0 Å². The molecule has 4 aromatic rings. The van der Waals surface area contributed by atoms with E-state index < -0.39 is 17.5 Å². The number of rotatable bonds is 6. The maximum atomic E-state index is 13.9. The predicted molar refractivity (Wildman–Crippen MR) is 135 cm³/mol. The van der Waals surface area contributed by atoms with Crippen LogP contribution in [-0.4, -0.2) is 16.1 Å². The zero-order valence-electron chi connectivity index (χ0n) is 18.6. The van der Waals surface area contributed by atoms with Gasteiger partial charge in [-0.25, -0.2) is 14.0 Å². The summed E-state index contributed by atoms with van der Waals surface area (Å²) in [5.74, 6) is -1.72. The molecule has 0 atom stereocenters. The van der Waals surface area contributed by atoms with Gasteiger partial charge in [0.25, 0.3) is 0 Å². The van der Waals surface area contributed by atoms with Gasteiger partial charge in [-0.05, 0) is 82.5 Å². The molecule has 0 bridgehead atoms. The summed E-state index contributed by atoms with van der Waals surface area (Å²) in [7, 11) is 0. The van der Waals surface area contributed by atoms with E-state index in [-0.39, 0.29) is 5.92 Å². The zero-order valence-corrected chi connectivity index (χ0v) is 19.3. The Kier molecular flexibility index (Phi) is 6.14. The lowest BCUT2D eigenvalue weighted by molar-refractivity contribution is -0.131. The first kappa shape index (κ1) is 22.9. The highest BCUT2D eigenvalue weighted by Crippen LogP contribution is 2.47. The van der Waals surface area contributed by atoms with Gasteiger partial charge in [0.2, 0.25) is 0 Å². The number of allylic oxidation sites excluding steroid dienone is 1. The second kappa shape index (κ2) is 9.39. The molecule has 1 aliphatic rings. The van der Waals surface area contributed by atoms with Crippen LogP contribution < -0.4 is 5.76 Å². The predicted octanol–water partition coefficient (Wildman–Crippen LogP) is 6.77. The first-order valence-electron chi connectivity index (χ1n) is 11.2. The lowest BCUT2D eigenvalue weighted by Crippen LogP contribution is -2.15. The second-order valence-corrected chi connectivity index (χ2v) is 8.97. The maximum Gasteiger partial charge on any atom is 0.417 e. The number of halogens is 2. The van der Waals surface area contributed by atoms with Crippen LogP contribution in [0.1, 0.15) is 41.5 Å². The number of hydrogen-bond acceptors (Lipinski definition) is 3. The smallest absolute Gasteiger partial charge is 0.417 e. The maximum absolute atomic E-state index is 13.9. The number of oxazole rings is 1. The molecule has 5 rings (SSSR count). The number of benzene rings is 3. The van der Waals surface area contributed by atoms with E-state index in [1.54, 1.807) is 12.1 Å². The molecule has 0 radical (unpaired) electrons. The number of hydrogen-bond donors (Lipinski definition) is 2. The minimum absolute atomic E-state index is 0.230. The van der Waals surface area contributed by atoms with Gasteiger partial charge in [-0.15, -0.1) is 0 Å². The summed E-state index contributed by atoms with van der Waals surface area (Å²) >= 11 is 6.56. The Morgan fingerprint density at radius 1 is 1.06 bits per heavy atom. The highest BCUT2D eigenvalue weighted by atomic mass is 35.5. The van der Waals surface area contributed by atoms with Crippen LogP contribution in [0.15, 0.2) is 76.0 Å². The number of aliphatic carboxylic acids is 1. The molecule has 0 unspecified atom stereocenters. The summed E-state index contributed by atoms with van der Waals surface area (Å²) in [6, 6.07) is 17.5.